The summed E-state index contributed by atoms with van der Waals surface area (Å²) in [6, 6.07) is -0.713. The number of nitrogen functional groups attached to an aromatic ring is 1. The van der Waals surface area contributed by atoms with Gasteiger partial charge in [-0.25, -0.2) is 15.0 Å². The fraction of sp³-hybridized carbons (Fsp3) is 0.562. The molecule has 0 spiro atoms. The summed E-state index contributed by atoms with van der Waals surface area (Å²) < 4.78 is 0. The number of aliphatic hydroxyl groups is 5. The number of fused-ring (bicyclic) bond motifs is 1. The Hall–Kier alpha value is -2.75. The van der Waals surface area contributed by atoms with Crippen molar-refractivity contribution >= 4 is 29.2 Å². The van der Waals surface area contributed by atoms with Crippen molar-refractivity contribution in [1.82, 2.24) is 19.9 Å². The number of nitrogens with zero attached hydrogens (tertiary/aromatic N) is 3. The van der Waals surface area contributed by atoms with E-state index in [0.29, 0.717) is 17.0 Å². The number of hydrogen-bond donors (Lipinski definition) is 9. The molecule has 2 aromatic heterocycles. The average molecular weight is 432 g/mol. The zero-order chi connectivity index (χ0) is 23.4. The third-order valence-electron chi connectivity index (χ3n) is 3.68. The fourth-order valence-corrected chi connectivity index (χ4v) is 1.69. The van der Waals surface area contributed by atoms with Gasteiger partial charge in [0, 0.05) is 0 Å². The normalized spacial score (nSPS) is 15.6. The monoisotopic (exact) mass is 432 g/mol. The van der Waals surface area contributed by atoms with Crippen molar-refractivity contribution < 1.29 is 40.2 Å². The third-order valence-corrected chi connectivity index (χ3v) is 3.68. The van der Waals surface area contributed by atoms with E-state index in [1.807, 2.05) is 0 Å². The first-order valence-electron chi connectivity index (χ1n) is 8.64. The molecule has 0 aliphatic heterocycles. The first-order chi connectivity index (χ1) is 14.0. The predicted octanol–water partition coefficient (Wildman–Crippen LogP) is -3.39. The second-order valence-electron chi connectivity index (χ2n) is 6.33. The molecule has 0 saturated carbocycles. The van der Waals surface area contributed by atoms with Crippen molar-refractivity contribution in [2.24, 2.45) is 11.7 Å². The van der Waals surface area contributed by atoms with Crippen LogP contribution in [0.1, 0.15) is 13.8 Å². The van der Waals surface area contributed by atoms with Crippen molar-refractivity contribution in [3.8, 4) is 0 Å². The fourth-order valence-electron chi connectivity index (χ4n) is 1.69. The Labute approximate surface area is 171 Å². The number of carbonyl (C=O) groups excluding carboxylic acids is 1. The predicted molar refractivity (Wildman–Crippen MR) is 104 cm³/mol. The highest BCUT2D eigenvalue weighted by atomic mass is 16.4. The molecule has 0 aliphatic rings. The van der Waals surface area contributed by atoms with Crippen LogP contribution in [-0.4, -0.2) is 99.9 Å². The summed E-state index contributed by atoms with van der Waals surface area (Å²) >= 11 is 0. The molecule has 0 amide bonds. The zero-order valence-electron chi connectivity index (χ0n) is 16.4. The molecule has 14 heteroatoms. The van der Waals surface area contributed by atoms with Crippen LogP contribution in [0.3, 0.4) is 0 Å². The van der Waals surface area contributed by atoms with Gasteiger partial charge in [-0.3, -0.25) is 4.79 Å². The molecule has 0 fully saturated rings. The Morgan fingerprint density at radius 3 is 2.17 bits per heavy atom. The highest BCUT2D eigenvalue weighted by Gasteiger charge is 2.29. The Morgan fingerprint density at radius 1 is 1.17 bits per heavy atom. The Balaban J connectivity index is 0.000000429. The molecule has 11 N–H and O–H groups in total. The zero-order valence-corrected chi connectivity index (χ0v) is 16.4. The number of aromatic nitrogens is 4. The largest absolute Gasteiger partial charge is 0.480 e. The number of aromatic amines is 1. The second-order valence-corrected chi connectivity index (χ2v) is 6.33. The molecular weight excluding hydrogens is 404 g/mol. The standard InChI is InChI=1S/C6H12O6.C5H5N5.C5H11NO2/c7-1-3(9)5(11)6(12)4(10)2-8;6-4-3-5(9-1-7-3)10-2-8-4;1-3(2)4(6)5(7)8/h1,3-6,8-12H,2H2;1-2H,(H3,6,7,8,9,10);3-4H,6H2,1-2H3,(H,7,8)/t3-,4+,5+,6+;;4-/m0.0/s1. The molecule has 2 aromatic rings. The summed E-state index contributed by atoms with van der Waals surface area (Å²) in [7, 11) is 0. The maximum absolute atomic E-state index is 10.0. The van der Waals surface area contributed by atoms with E-state index in [1.165, 1.54) is 12.7 Å². The number of carboxylic acid groups (broad SMARTS) is 1. The van der Waals surface area contributed by atoms with Gasteiger partial charge in [0.05, 0.1) is 12.9 Å². The van der Waals surface area contributed by atoms with E-state index in [-0.39, 0.29) is 12.2 Å². The Bertz CT molecular complexity index is 773. The van der Waals surface area contributed by atoms with E-state index in [0.717, 1.165) is 0 Å². The molecule has 0 radical (unpaired) electrons. The maximum atomic E-state index is 10.0. The van der Waals surface area contributed by atoms with Crippen molar-refractivity contribution in [1.29, 1.82) is 0 Å². The molecule has 2 rings (SSSR count). The highest BCUT2D eigenvalue weighted by molar-refractivity contribution is 5.80. The van der Waals surface area contributed by atoms with Gasteiger partial charge in [-0.15, -0.1) is 0 Å². The SMILES string of the molecule is CC(C)[C@H](N)C(=O)O.Nc1ncnc2nc[nH]c12.O=C[C@H](O)[C@@H](O)[C@H](O)[C@H](O)CO. The van der Waals surface area contributed by atoms with Gasteiger partial charge in [0.2, 0.25) is 0 Å². The molecule has 170 valence electrons. The van der Waals surface area contributed by atoms with E-state index in [9.17, 15) is 9.59 Å². The molecule has 0 aliphatic carbocycles. The van der Waals surface area contributed by atoms with Gasteiger partial charge in [0.15, 0.2) is 17.8 Å². The number of carboxylic acids is 1. The van der Waals surface area contributed by atoms with Crippen LogP contribution in [0.2, 0.25) is 0 Å². The Kier molecular flexibility index (Phi) is 12.2. The minimum atomic E-state index is -1.79. The summed E-state index contributed by atoms with van der Waals surface area (Å²) in [6.45, 7) is 2.79. The van der Waals surface area contributed by atoms with Gasteiger partial charge in [0.25, 0.3) is 0 Å². The van der Waals surface area contributed by atoms with Crippen molar-refractivity contribution in [2.45, 2.75) is 44.3 Å². The van der Waals surface area contributed by atoms with Crippen molar-refractivity contribution in [3.63, 3.8) is 0 Å². The van der Waals surface area contributed by atoms with Crippen LogP contribution in [0.25, 0.3) is 11.2 Å². The van der Waals surface area contributed by atoms with Crippen LogP contribution < -0.4 is 11.5 Å². The van der Waals surface area contributed by atoms with Gasteiger partial charge >= 0.3 is 5.97 Å². The van der Waals surface area contributed by atoms with Gasteiger partial charge in [-0.1, -0.05) is 13.8 Å². The van der Waals surface area contributed by atoms with Crippen LogP contribution in [0.15, 0.2) is 12.7 Å². The minimum absolute atomic E-state index is 0.0208. The summed E-state index contributed by atoms with van der Waals surface area (Å²) in [5.74, 6) is -0.477. The van der Waals surface area contributed by atoms with Crippen molar-refractivity contribution in [3.05, 3.63) is 12.7 Å². The lowest BCUT2D eigenvalue weighted by molar-refractivity contribution is -0.139. The topological polar surface area (TPSA) is 262 Å². The number of anilines is 1. The lowest BCUT2D eigenvalue weighted by atomic mass is 10.0. The van der Waals surface area contributed by atoms with E-state index >= 15 is 0 Å². The first-order valence-corrected chi connectivity index (χ1v) is 8.64. The lowest BCUT2D eigenvalue weighted by Gasteiger charge is -2.22. The van der Waals surface area contributed by atoms with Crippen LogP contribution in [-0.2, 0) is 9.59 Å². The number of nitrogens with one attached hydrogen (secondary N) is 1. The molecular formula is C16H28N6O8. The van der Waals surface area contributed by atoms with Crippen LogP contribution >= 0.6 is 0 Å². The van der Waals surface area contributed by atoms with E-state index in [4.69, 9.17) is 42.1 Å². The minimum Gasteiger partial charge on any atom is -0.480 e. The molecule has 5 atom stereocenters. The summed E-state index contributed by atoms with van der Waals surface area (Å²) in [6.07, 6.45) is -3.91. The molecule has 30 heavy (non-hydrogen) atoms. The number of hydrogen-bond acceptors (Lipinski definition) is 12. The van der Waals surface area contributed by atoms with Crippen LogP contribution in [0, 0.1) is 5.92 Å². The second kappa shape index (κ2) is 13.5. The highest BCUT2D eigenvalue weighted by Crippen LogP contribution is 2.09. The van der Waals surface area contributed by atoms with Gasteiger partial charge in [-0.2, -0.15) is 0 Å². The number of rotatable bonds is 7. The molecule has 2 heterocycles. The number of aldehydes is 1. The van der Waals surface area contributed by atoms with Gasteiger partial charge in [0.1, 0.15) is 42.3 Å². The molecule has 0 bridgehead atoms. The summed E-state index contributed by atoms with van der Waals surface area (Å²) in [5, 5.41) is 51.8. The third kappa shape index (κ3) is 8.73. The van der Waals surface area contributed by atoms with Crippen LogP contribution in [0.4, 0.5) is 5.82 Å². The number of nitrogens with two attached hydrogens (primary N) is 2. The van der Waals surface area contributed by atoms with Gasteiger partial charge < -0.3 is 51.9 Å². The van der Waals surface area contributed by atoms with Crippen molar-refractivity contribution in [2.75, 3.05) is 12.3 Å². The van der Waals surface area contributed by atoms with E-state index in [1.54, 1.807) is 13.8 Å². The molecule has 0 aromatic carbocycles. The number of aliphatic carboxylic acids is 1. The molecule has 0 saturated heterocycles. The Morgan fingerprint density at radius 2 is 1.77 bits per heavy atom. The van der Waals surface area contributed by atoms with E-state index < -0.39 is 43.0 Å². The number of aliphatic hydroxyl groups excluding tert-OH is 5. The van der Waals surface area contributed by atoms with E-state index in [2.05, 4.69) is 19.9 Å². The molecule has 0 unspecified atom stereocenters. The number of carbonyl (C=O) groups is 2. The molecule has 14 nitrogen and oxygen atoms in total. The smallest absolute Gasteiger partial charge is 0.320 e. The average Bonchev–Trinajstić information content (AvgIpc) is 3.21. The number of H-pyrrole nitrogens is 1. The maximum Gasteiger partial charge on any atom is 0.320 e. The van der Waals surface area contributed by atoms with Crippen LogP contribution in [0.5, 0.6) is 0 Å². The quantitative estimate of drug-likeness (QED) is 0.193. The van der Waals surface area contributed by atoms with Gasteiger partial charge in [-0.05, 0) is 5.92 Å². The number of imidazole rings is 1. The summed E-state index contributed by atoms with van der Waals surface area (Å²) in [4.78, 5) is 34.3. The summed E-state index contributed by atoms with van der Waals surface area (Å²) in [5.41, 5.74) is 11.9. The lowest BCUT2D eigenvalue weighted by Crippen LogP contribution is -2.46. The first kappa shape index (κ1) is 27.2.